The van der Waals surface area contributed by atoms with Crippen molar-refractivity contribution in [2.75, 3.05) is 6.54 Å². The summed E-state index contributed by atoms with van der Waals surface area (Å²) in [4.78, 5) is 18.9. The third-order valence-electron chi connectivity index (χ3n) is 4.25. The first-order valence-electron chi connectivity index (χ1n) is 8.51. The summed E-state index contributed by atoms with van der Waals surface area (Å²) in [6.45, 7) is 4.55. The van der Waals surface area contributed by atoms with Crippen molar-refractivity contribution in [2.24, 2.45) is 0 Å². The zero-order valence-electron chi connectivity index (χ0n) is 14.7. The highest BCUT2D eigenvalue weighted by molar-refractivity contribution is 9.10. The zero-order valence-corrected chi connectivity index (χ0v) is 16.3. The molecule has 0 bridgehead atoms. The summed E-state index contributed by atoms with van der Waals surface area (Å²) in [6.07, 6.45) is 2.84. The molecule has 0 N–H and O–H groups in total. The fourth-order valence-electron chi connectivity index (χ4n) is 2.57. The van der Waals surface area contributed by atoms with Crippen LogP contribution in [0.25, 0.3) is 11.4 Å². The number of hydrogen-bond acceptors (Lipinski definition) is 5. The number of benzene rings is 1. The second-order valence-corrected chi connectivity index (χ2v) is 6.92. The first kappa shape index (κ1) is 18.4. The zero-order chi connectivity index (χ0) is 18.5. The van der Waals surface area contributed by atoms with Crippen LogP contribution >= 0.6 is 15.9 Å². The fraction of sp³-hybridized carbons (Fsp3) is 0.316. The van der Waals surface area contributed by atoms with Crippen LogP contribution in [0.15, 0.2) is 56.1 Å². The minimum atomic E-state index is -0.128. The summed E-state index contributed by atoms with van der Waals surface area (Å²) in [5.74, 6) is 1.26. The van der Waals surface area contributed by atoms with Crippen LogP contribution in [0, 0.1) is 0 Å². The lowest BCUT2D eigenvalue weighted by Crippen LogP contribution is -2.39. The summed E-state index contributed by atoms with van der Waals surface area (Å²) >= 11 is 3.40. The minimum absolute atomic E-state index is 0.0847. The Bertz CT molecular complexity index is 843. The topological polar surface area (TPSA) is 72.4 Å². The summed E-state index contributed by atoms with van der Waals surface area (Å²) < 4.78 is 11.6. The SMILES string of the molecule is CC[C@H](C)N(CCc1nc(-c2ccc(Br)cc2)no1)C(=O)c1ccco1. The van der Waals surface area contributed by atoms with E-state index in [1.54, 1.807) is 17.0 Å². The first-order valence-corrected chi connectivity index (χ1v) is 9.30. The van der Waals surface area contributed by atoms with Crippen LogP contribution < -0.4 is 0 Å². The third kappa shape index (κ3) is 4.22. The molecular weight excluding hydrogens is 398 g/mol. The molecule has 0 radical (unpaired) electrons. The number of carbonyl (C=O) groups excluding carboxylic acids is 1. The van der Waals surface area contributed by atoms with Gasteiger partial charge in [-0.2, -0.15) is 4.98 Å². The maximum absolute atomic E-state index is 12.6. The highest BCUT2D eigenvalue weighted by atomic mass is 79.9. The van der Waals surface area contributed by atoms with E-state index >= 15 is 0 Å². The molecule has 3 aromatic rings. The normalized spacial score (nSPS) is 12.1. The van der Waals surface area contributed by atoms with Gasteiger partial charge in [0, 0.05) is 29.0 Å². The molecule has 136 valence electrons. The van der Waals surface area contributed by atoms with Gasteiger partial charge in [-0.3, -0.25) is 4.79 Å². The van der Waals surface area contributed by atoms with Gasteiger partial charge in [-0.05, 0) is 49.7 Å². The van der Waals surface area contributed by atoms with Gasteiger partial charge < -0.3 is 13.8 Å². The summed E-state index contributed by atoms with van der Waals surface area (Å²) in [6, 6.07) is 11.2. The number of amides is 1. The second kappa shape index (κ2) is 8.31. The van der Waals surface area contributed by atoms with E-state index in [-0.39, 0.29) is 11.9 Å². The molecule has 0 saturated carbocycles. The number of nitrogens with zero attached hydrogens (tertiary/aromatic N) is 3. The molecule has 1 amide bonds. The van der Waals surface area contributed by atoms with Gasteiger partial charge in [0.05, 0.1) is 6.26 Å². The predicted molar refractivity (Wildman–Crippen MR) is 101 cm³/mol. The van der Waals surface area contributed by atoms with Crippen molar-refractivity contribution in [2.45, 2.75) is 32.7 Å². The molecule has 0 spiro atoms. The molecule has 2 heterocycles. The Morgan fingerprint density at radius 1 is 1.27 bits per heavy atom. The van der Waals surface area contributed by atoms with Crippen molar-refractivity contribution >= 4 is 21.8 Å². The smallest absolute Gasteiger partial charge is 0.289 e. The van der Waals surface area contributed by atoms with Crippen molar-refractivity contribution in [1.29, 1.82) is 0 Å². The van der Waals surface area contributed by atoms with Crippen LogP contribution in [-0.4, -0.2) is 33.5 Å². The molecule has 2 aromatic heterocycles. The Morgan fingerprint density at radius 3 is 2.69 bits per heavy atom. The van der Waals surface area contributed by atoms with Gasteiger partial charge in [0.15, 0.2) is 5.76 Å². The Balaban J connectivity index is 1.69. The Hall–Kier alpha value is -2.41. The van der Waals surface area contributed by atoms with Crippen molar-refractivity contribution in [3.8, 4) is 11.4 Å². The van der Waals surface area contributed by atoms with Crippen LogP contribution in [0.2, 0.25) is 0 Å². The van der Waals surface area contributed by atoms with E-state index in [1.807, 2.05) is 38.1 Å². The highest BCUT2D eigenvalue weighted by Crippen LogP contribution is 2.19. The van der Waals surface area contributed by atoms with Gasteiger partial charge in [0.25, 0.3) is 5.91 Å². The molecule has 0 aliphatic heterocycles. The van der Waals surface area contributed by atoms with Gasteiger partial charge in [0.2, 0.25) is 11.7 Å². The van der Waals surface area contributed by atoms with Gasteiger partial charge >= 0.3 is 0 Å². The van der Waals surface area contributed by atoms with Gasteiger partial charge in [-0.1, -0.05) is 28.0 Å². The number of rotatable bonds is 7. The van der Waals surface area contributed by atoms with Crippen molar-refractivity contribution < 1.29 is 13.7 Å². The molecule has 3 rings (SSSR count). The molecule has 1 aromatic carbocycles. The lowest BCUT2D eigenvalue weighted by Gasteiger charge is -2.27. The second-order valence-electron chi connectivity index (χ2n) is 6.00. The average molecular weight is 418 g/mol. The van der Waals surface area contributed by atoms with Crippen LogP contribution in [0.5, 0.6) is 0 Å². The van der Waals surface area contributed by atoms with E-state index in [0.717, 1.165) is 16.5 Å². The molecular formula is C19H20BrN3O3. The van der Waals surface area contributed by atoms with Crippen LogP contribution in [0.3, 0.4) is 0 Å². The van der Waals surface area contributed by atoms with Crippen LogP contribution in [0.4, 0.5) is 0 Å². The Kier molecular flexibility index (Phi) is 5.88. The fourth-order valence-corrected chi connectivity index (χ4v) is 2.84. The molecule has 1 atom stereocenters. The number of carbonyl (C=O) groups is 1. The van der Waals surface area contributed by atoms with Crippen molar-refractivity contribution in [3.63, 3.8) is 0 Å². The standard InChI is InChI=1S/C19H20BrN3O3/c1-3-13(2)23(19(24)16-5-4-12-25-16)11-10-17-21-18(22-26-17)14-6-8-15(20)9-7-14/h4-9,12-13H,3,10-11H2,1-2H3/t13-/m0/s1. The Labute approximate surface area is 160 Å². The maximum Gasteiger partial charge on any atom is 0.289 e. The van der Waals surface area contributed by atoms with E-state index in [4.69, 9.17) is 8.94 Å². The van der Waals surface area contributed by atoms with E-state index in [0.29, 0.717) is 30.4 Å². The summed E-state index contributed by atoms with van der Waals surface area (Å²) in [5, 5.41) is 4.03. The van der Waals surface area contributed by atoms with E-state index in [9.17, 15) is 4.79 Å². The quantitative estimate of drug-likeness (QED) is 0.562. The van der Waals surface area contributed by atoms with Crippen LogP contribution in [-0.2, 0) is 6.42 Å². The molecule has 7 heteroatoms. The monoisotopic (exact) mass is 417 g/mol. The van der Waals surface area contributed by atoms with E-state index in [2.05, 4.69) is 26.1 Å². The maximum atomic E-state index is 12.6. The predicted octanol–water partition coefficient (Wildman–Crippen LogP) is 4.58. The van der Waals surface area contributed by atoms with Gasteiger partial charge in [-0.15, -0.1) is 0 Å². The van der Waals surface area contributed by atoms with E-state index < -0.39 is 0 Å². The average Bonchev–Trinajstić information content (AvgIpc) is 3.34. The molecule has 0 saturated heterocycles. The minimum Gasteiger partial charge on any atom is -0.459 e. The summed E-state index contributed by atoms with van der Waals surface area (Å²) in [5.41, 5.74) is 0.883. The van der Waals surface area contributed by atoms with Crippen molar-refractivity contribution in [3.05, 3.63) is 58.8 Å². The largest absolute Gasteiger partial charge is 0.459 e. The number of hydrogen-bond donors (Lipinski definition) is 0. The molecule has 0 aliphatic rings. The van der Waals surface area contributed by atoms with Gasteiger partial charge in [0.1, 0.15) is 0 Å². The molecule has 6 nitrogen and oxygen atoms in total. The number of furan rings is 1. The van der Waals surface area contributed by atoms with Gasteiger partial charge in [-0.25, -0.2) is 0 Å². The molecule has 0 fully saturated rings. The lowest BCUT2D eigenvalue weighted by molar-refractivity contribution is 0.0654. The van der Waals surface area contributed by atoms with E-state index in [1.165, 1.54) is 6.26 Å². The highest BCUT2D eigenvalue weighted by Gasteiger charge is 2.23. The number of aromatic nitrogens is 2. The molecule has 0 aliphatic carbocycles. The molecule has 26 heavy (non-hydrogen) atoms. The third-order valence-corrected chi connectivity index (χ3v) is 4.78. The van der Waals surface area contributed by atoms with Crippen molar-refractivity contribution in [1.82, 2.24) is 15.0 Å². The molecule has 0 unspecified atom stereocenters. The first-order chi connectivity index (χ1) is 12.6. The summed E-state index contributed by atoms with van der Waals surface area (Å²) in [7, 11) is 0. The van der Waals surface area contributed by atoms with Crippen LogP contribution in [0.1, 0.15) is 36.7 Å². The lowest BCUT2D eigenvalue weighted by atomic mass is 10.2. The number of halogens is 1. The Morgan fingerprint density at radius 2 is 2.04 bits per heavy atom.